The normalized spacial score (nSPS) is 12.1. The van der Waals surface area contributed by atoms with E-state index < -0.39 is 29.5 Å². The molecule has 0 saturated carbocycles. The predicted octanol–water partition coefficient (Wildman–Crippen LogP) is 3.55. The van der Waals surface area contributed by atoms with Crippen LogP contribution in [0.25, 0.3) is 11.0 Å². The number of imidazole rings is 1. The Balaban J connectivity index is 1.90. The van der Waals surface area contributed by atoms with Crippen LogP contribution in [0.1, 0.15) is 49.5 Å². The number of hydrogen-bond donors (Lipinski definition) is 2. The number of aromatic amines is 1. The molecule has 0 saturated heterocycles. The Bertz CT molecular complexity index is 1590. The molecule has 1 unspecified atom stereocenters. The van der Waals surface area contributed by atoms with Crippen molar-refractivity contribution in [3.63, 3.8) is 0 Å². The van der Waals surface area contributed by atoms with E-state index in [1.54, 1.807) is 40.1 Å². The second kappa shape index (κ2) is 14.1. The summed E-state index contributed by atoms with van der Waals surface area (Å²) in [6.45, 7) is 7.62. The lowest BCUT2D eigenvalue weighted by molar-refractivity contribution is -0.125. The van der Waals surface area contributed by atoms with Crippen molar-refractivity contribution in [2.24, 2.45) is 5.92 Å². The molecule has 3 aromatic heterocycles. The average molecular weight is 598 g/mol. The first kappa shape index (κ1) is 33.0. The Morgan fingerprint density at radius 2 is 1.86 bits per heavy atom. The van der Waals surface area contributed by atoms with Gasteiger partial charge in [-0.2, -0.15) is 0 Å². The van der Waals surface area contributed by atoms with Gasteiger partial charge in [-0.3, -0.25) is 19.4 Å². The molecule has 3 heterocycles. The number of aromatic nitrogens is 4. The number of carbonyl (C=O) groups is 3. The molecule has 43 heavy (non-hydrogen) atoms. The highest BCUT2D eigenvalue weighted by Crippen LogP contribution is 2.21. The summed E-state index contributed by atoms with van der Waals surface area (Å²) < 4.78 is 21.4. The van der Waals surface area contributed by atoms with Crippen molar-refractivity contribution in [3.8, 4) is 0 Å². The second-order valence-electron chi connectivity index (χ2n) is 11.2. The number of fused-ring (bicyclic) bond motifs is 1. The maximum absolute atomic E-state index is 14.6. The van der Waals surface area contributed by atoms with Crippen molar-refractivity contribution in [1.82, 2.24) is 29.3 Å². The summed E-state index contributed by atoms with van der Waals surface area (Å²) in [5, 5.41) is 2.62. The topological polar surface area (TPSA) is 143 Å². The molecule has 3 aromatic rings. The Morgan fingerprint density at radius 3 is 2.49 bits per heavy atom. The maximum Gasteiger partial charge on any atom is 0.410 e. The van der Waals surface area contributed by atoms with E-state index in [-0.39, 0.29) is 42.4 Å². The van der Waals surface area contributed by atoms with Gasteiger partial charge in [-0.05, 0) is 56.7 Å². The largest absolute Gasteiger partial charge is 0.436 e. The molecule has 2 N–H and O–H groups in total. The first-order valence-electron chi connectivity index (χ1n) is 14.0. The third kappa shape index (κ3) is 8.27. The lowest BCUT2D eigenvalue weighted by atomic mass is 10.1. The first-order valence-corrected chi connectivity index (χ1v) is 14.0. The Hall–Kier alpha value is -4.55. The molecule has 0 aliphatic carbocycles. The number of H-pyrrole nitrogens is 1. The number of halogens is 1. The monoisotopic (exact) mass is 597 g/mol. The van der Waals surface area contributed by atoms with Crippen LogP contribution in [-0.4, -0.2) is 81.5 Å². The average Bonchev–Trinajstić information content (AvgIpc) is 3.37. The van der Waals surface area contributed by atoms with Crippen LogP contribution in [0.4, 0.5) is 14.9 Å². The summed E-state index contributed by atoms with van der Waals surface area (Å²) in [6, 6.07) is 1.55. The fourth-order valence-electron chi connectivity index (χ4n) is 4.27. The van der Waals surface area contributed by atoms with Crippen LogP contribution in [0.15, 0.2) is 29.2 Å². The minimum absolute atomic E-state index is 0.00576. The summed E-state index contributed by atoms with van der Waals surface area (Å²) >= 11 is 0. The smallest absolute Gasteiger partial charge is 0.410 e. The maximum atomic E-state index is 14.6. The van der Waals surface area contributed by atoms with Crippen LogP contribution in [0.2, 0.25) is 0 Å². The summed E-state index contributed by atoms with van der Waals surface area (Å²) in [5.41, 5.74) is 2.16. The van der Waals surface area contributed by atoms with Crippen molar-refractivity contribution < 1.29 is 23.5 Å². The molecular formula is C30H40FN7O5. The SMILES string of the molecule is Cc1cc(NC(=O)C(CC/C=C/C(=O)N(C)C)OC(=O)N(C)C)c(=O)n(Cc2nc3c(F)cnc(CC(C)C)c3[nH]2)c1C. The summed E-state index contributed by atoms with van der Waals surface area (Å²) in [5.74, 6) is -0.827. The summed E-state index contributed by atoms with van der Waals surface area (Å²) in [4.78, 5) is 65.3. The number of allylic oxidation sites excluding steroid dienone is 1. The highest BCUT2D eigenvalue weighted by atomic mass is 19.1. The molecule has 0 aliphatic heterocycles. The van der Waals surface area contributed by atoms with Gasteiger partial charge < -0.3 is 29.4 Å². The number of nitrogens with zero attached hydrogens (tertiary/aromatic N) is 5. The number of amides is 3. The van der Waals surface area contributed by atoms with Gasteiger partial charge in [0.2, 0.25) is 5.91 Å². The number of anilines is 1. The molecule has 0 radical (unpaired) electrons. The van der Waals surface area contributed by atoms with Crippen LogP contribution in [0.3, 0.4) is 0 Å². The lowest BCUT2D eigenvalue weighted by Crippen LogP contribution is -2.38. The molecule has 0 aromatic carbocycles. The van der Waals surface area contributed by atoms with E-state index >= 15 is 0 Å². The number of rotatable bonds is 11. The second-order valence-corrected chi connectivity index (χ2v) is 11.2. The molecular weight excluding hydrogens is 557 g/mol. The molecule has 0 bridgehead atoms. The standard InChI is InChI=1S/C30H40FN7O5/c1-17(2)13-21-27-26(20(31)15-32-21)34-24(35-27)16-38-19(4)18(3)14-22(29(38)41)33-28(40)23(43-30(42)37(7)8)11-9-10-12-25(39)36(5)6/h10,12,14-15,17,23H,9,11,13,16H2,1-8H3,(H,33,40)(H,34,35)/b12-10+. The van der Waals surface area contributed by atoms with E-state index in [0.717, 1.165) is 6.20 Å². The molecule has 0 spiro atoms. The molecule has 0 aliphatic rings. The van der Waals surface area contributed by atoms with Crippen molar-refractivity contribution in [2.75, 3.05) is 33.5 Å². The lowest BCUT2D eigenvalue weighted by Gasteiger charge is -2.20. The Kier molecular flexibility index (Phi) is 10.8. The van der Waals surface area contributed by atoms with E-state index in [0.29, 0.717) is 34.7 Å². The van der Waals surface area contributed by atoms with Crippen molar-refractivity contribution in [1.29, 1.82) is 0 Å². The Morgan fingerprint density at radius 1 is 1.16 bits per heavy atom. The van der Waals surface area contributed by atoms with Crippen LogP contribution in [0, 0.1) is 25.6 Å². The van der Waals surface area contributed by atoms with Crippen LogP contribution >= 0.6 is 0 Å². The minimum atomic E-state index is -1.23. The molecule has 232 valence electrons. The van der Waals surface area contributed by atoms with E-state index in [9.17, 15) is 23.6 Å². The van der Waals surface area contributed by atoms with Crippen molar-refractivity contribution in [2.45, 2.75) is 59.6 Å². The third-order valence-electron chi connectivity index (χ3n) is 6.78. The van der Waals surface area contributed by atoms with Gasteiger partial charge in [0.25, 0.3) is 11.5 Å². The summed E-state index contributed by atoms with van der Waals surface area (Å²) in [7, 11) is 6.21. The van der Waals surface area contributed by atoms with E-state index in [1.165, 1.54) is 34.5 Å². The summed E-state index contributed by atoms with van der Waals surface area (Å²) in [6.07, 6.45) is 3.13. The fraction of sp³-hybridized carbons (Fsp3) is 0.467. The predicted molar refractivity (Wildman–Crippen MR) is 161 cm³/mol. The molecule has 13 heteroatoms. The molecule has 0 fully saturated rings. The first-order chi connectivity index (χ1) is 20.2. The minimum Gasteiger partial charge on any atom is -0.436 e. The van der Waals surface area contributed by atoms with Crippen molar-refractivity contribution >= 4 is 34.6 Å². The number of nitrogens with one attached hydrogen (secondary N) is 2. The number of likely N-dealkylation sites (N-methyl/N-ethyl adjacent to an activating group) is 1. The van der Waals surface area contributed by atoms with E-state index in [4.69, 9.17) is 4.74 Å². The van der Waals surface area contributed by atoms with Crippen LogP contribution < -0.4 is 10.9 Å². The van der Waals surface area contributed by atoms with Crippen LogP contribution in [0.5, 0.6) is 0 Å². The zero-order chi connectivity index (χ0) is 32.0. The van der Waals surface area contributed by atoms with Gasteiger partial charge in [-0.25, -0.2) is 14.2 Å². The van der Waals surface area contributed by atoms with Gasteiger partial charge in [0.1, 0.15) is 17.0 Å². The van der Waals surface area contributed by atoms with Gasteiger partial charge in [0.15, 0.2) is 11.9 Å². The fourth-order valence-corrected chi connectivity index (χ4v) is 4.27. The van der Waals surface area contributed by atoms with Crippen molar-refractivity contribution in [3.05, 3.63) is 63.4 Å². The number of aryl methyl sites for hydroxylation is 1. The zero-order valence-corrected chi connectivity index (χ0v) is 25.9. The number of carbonyl (C=O) groups excluding carboxylic acids is 3. The van der Waals surface area contributed by atoms with Gasteiger partial charge in [0.05, 0.1) is 24.0 Å². The molecule has 1 atom stereocenters. The Labute approximate surface area is 249 Å². The molecule has 3 rings (SSSR count). The molecule has 3 amide bonds. The third-order valence-corrected chi connectivity index (χ3v) is 6.78. The quantitative estimate of drug-likeness (QED) is 0.322. The number of hydrogen-bond acceptors (Lipinski definition) is 7. The van der Waals surface area contributed by atoms with Gasteiger partial charge in [-0.1, -0.05) is 19.9 Å². The van der Waals surface area contributed by atoms with Gasteiger partial charge in [0, 0.05) is 33.9 Å². The van der Waals surface area contributed by atoms with E-state index in [1.807, 2.05) is 13.8 Å². The highest BCUT2D eigenvalue weighted by molar-refractivity contribution is 5.95. The van der Waals surface area contributed by atoms with Gasteiger partial charge >= 0.3 is 6.09 Å². The van der Waals surface area contributed by atoms with Crippen LogP contribution in [-0.2, 0) is 27.3 Å². The number of ether oxygens (including phenoxy) is 1. The van der Waals surface area contributed by atoms with Gasteiger partial charge in [-0.15, -0.1) is 0 Å². The molecule has 12 nitrogen and oxygen atoms in total. The zero-order valence-electron chi connectivity index (χ0n) is 25.9. The number of pyridine rings is 2. The van der Waals surface area contributed by atoms with E-state index in [2.05, 4.69) is 20.3 Å². The highest BCUT2D eigenvalue weighted by Gasteiger charge is 2.25.